The maximum absolute atomic E-state index is 12.5. The number of carbonyl (C=O) groups is 3. The van der Waals surface area contributed by atoms with Gasteiger partial charge in [-0.15, -0.1) is 0 Å². The molecule has 1 heterocycles. The number of nitrogens with zero attached hydrogens (tertiary/aromatic N) is 1. The maximum atomic E-state index is 12.5. The number of methoxy groups -OCH3 is 1. The van der Waals surface area contributed by atoms with Crippen molar-refractivity contribution in [2.75, 3.05) is 30.5 Å². The number of carbonyl (C=O) groups excluding carboxylic acids is 3. The standard InChI is InChI=1S/C23H26N2O5/c1-14-5-7-18(16(3)9-14)24-21(26)13-30-23(28)17-11-22(27)25(12-17)19-10-15(2)6-8-20(19)29-4/h5-10,17H,11-13H2,1-4H3,(H,24,26)/t17-/m0/s1. The molecule has 0 radical (unpaired) electrons. The normalized spacial score (nSPS) is 15.8. The van der Waals surface area contributed by atoms with Crippen molar-refractivity contribution in [3.8, 4) is 5.75 Å². The molecule has 0 saturated carbocycles. The van der Waals surface area contributed by atoms with Crippen molar-refractivity contribution in [2.24, 2.45) is 5.92 Å². The molecular weight excluding hydrogens is 384 g/mol. The molecule has 2 amide bonds. The van der Waals surface area contributed by atoms with Crippen LogP contribution in [-0.2, 0) is 19.1 Å². The van der Waals surface area contributed by atoms with Crippen LogP contribution in [0.5, 0.6) is 5.75 Å². The SMILES string of the molecule is COc1ccc(C)cc1N1C[C@@H](C(=O)OCC(=O)Nc2ccc(C)cc2C)CC1=O. The lowest BCUT2D eigenvalue weighted by Gasteiger charge is -2.20. The molecule has 1 N–H and O–H groups in total. The Kier molecular flexibility index (Phi) is 6.40. The van der Waals surface area contributed by atoms with Gasteiger partial charge in [0.15, 0.2) is 6.61 Å². The molecule has 2 aromatic carbocycles. The molecule has 158 valence electrons. The second-order valence-electron chi connectivity index (χ2n) is 7.55. The van der Waals surface area contributed by atoms with Gasteiger partial charge in [-0.05, 0) is 50.1 Å². The molecule has 7 nitrogen and oxygen atoms in total. The number of nitrogens with one attached hydrogen (secondary N) is 1. The summed E-state index contributed by atoms with van der Waals surface area (Å²) < 4.78 is 10.5. The van der Waals surface area contributed by atoms with Crippen LogP contribution in [0, 0.1) is 26.7 Å². The monoisotopic (exact) mass is 410 g/mol. The van der Waals surface area contributed by atoms with Crippen LogP contribution in [-0.4, -0.2) is 38.0 Å². The zero-order chi connectivity index (χ0) is 21.8. The van der Waals surface area contributed by atoms with Crippen LogP contribution in [0.25, 0.3) is 0 Å². The van der Waals surface area contributed by atoms with Crippen molar-refractivity contribution >= 4 is 29.2 Å². The summed E-state index contributed by atoms with van der Waals surface area (Å²) in [7, 11) is 1.54. The molecule has 1 fully saturated rings. The summed E-state index contributed by atoms with van der Waals surface area (Å²) >= 11 is 0. The zero-order valence-corrected chi connectivity index (χ0v) is 17.7. The first kappa shape index (κ1) is 21.4. The number of anilines is 2. The second-order valence-corrected chi connectivity index (χ2v) is 7.55. The van der Waals surface area contributed by atoms with Crippen molar-refractivity contribution in [2.45, 2.75) is 27.2 Å². The highest BCUT2D eigenvalue weighted by Crippen LogP contribution is 2.34. The van der Waals surface area contributed by atoms with E-state index in [0.29, 0.717) is 17.1 Å². The highest BCUT2D eigenvalue weighted by Gasteiger charge is 2.37. The van der Waals surface area contributed by atoms with E-state index in [9.17, 15) is 14.4 Å². The number of esters is 1. The summed E-state index contributed by atoms with van der Waals surface area (Å²) in [6.07, 6.45) is 0.0363. The predicted molar refractivity (Wildman–Crippen MR) is 114 cm³/mol. The Morgan fingerprint density at radius 2 is 1.80 bits per heavy atom. The number of hydrogen-bond donors (Lipinski definition) is 1. The molecule has 3 rings (SSSR count). The number of rotatable bonds is 6. The van der Waals surface area contributed by atoms with E-state index in [0.717, 1.165) is 16.7 Å². The van der Waals surface area contributed by atoms with Crippen LogP contribution >= 0.6 is 0 Å². The molecule has 2 aromatic rings. The Morgan fingerprint density at radius 3 is 2.50 bits per heavy atom. The van der Waals surface area contributed by atoms with Gasteiger partial charge in [-0.3, -0.25) is 14.4 Å². The van der Waals surface area contributed by atoms with Gasteiger partial charge in [0.05, 0.1) is 18.7 Å². The van der Waals surface area contributed by atoms with Crippen LogP contribution in [0.3, 0.4) is 0 Å². The zero-order valence-electron chi connectivity index (χ0n) is 17.7. The minimum atomic E-state index is -0.628. The van der Waals surface area contributed by atoms with E-state index in [1.807, 2.05) is 51.1 Å². The summed E-state index contributed by atoms with van der Waals surface area (Å²) in [5, 5.41) is 2.74. The minimum absolute atomic E-state index is 0.0363. The summed E-state index contributed by atoms with van der Waals surface area (Å²) in [5.74, 6) is -1.22. The smallest absolute Gasteiger partial charge is 0.311 e. The molecule has 1 aliphatic heterocycles. The lowest BCUT2D eigenvalue weighted by atomic mass is 10.1. The van der Waals surface area contributed by atoms with Gasteiger partial charge in [0, 0.05) is 18.7 Å². The number of ether oxygens (including phenoxy) is 2. The van der Waals surface area contributed by atoms with Crippen LogP contribution in [0.15, 0.2) is 36.4 Å². The molecule has 1 atom stereocenters. The lowest BCUT2D eigenvalue weighted by Crippen LogP contribution is -2.28. The first-order valence-electron chi connectivity index (χ1n) is 9.77. The van der Waals surface area contributed by atoms with E-state index in [4.69, 9.17) is 9.47 Å². The third-order valence-electron chi connectivity index (χ3n) is 5.09. The molecule has 0 spiro atoms. The molecule has 30 heavy (non-hydrogen) atoms. The Bertz CT molecular complexity index is 986. The number of benzene rings is 2. The Labute approximate surface area is 176 Å². The molecule has 0 aromatic heterocycles. The second kappa shape index (κ2) is 8.98. The van der Waals surface area contributed by atoms with Crippen LogP contribution in [0.1, 0.15) is 23.1 Å². The molecule has 0 bridgehead atoms. The van der Waals surface area contributed by atoms with E-state index in [2.05, 4.69) is 5.32 Å². The Balaban J connectivity index is 1.58. The third-order valence-corrected chi connectivity index (χ3v) is 5.09. The van der Waals surface area contributed by atoms with Crippen LogP contribution < -0.4 is 15.0 Å². The van der Waals surface area contributed by atoms with Crippen LogP contribution in [0.4, 0.5) is 11.4 Å². The van der Waals surface area contributed by atoms with Gasteiger partial charge < -0.3 is 19.7 Å². The quantitative estimate of drug-likeness (QED) is 0.740. The van der Waals surface area contributed by atoms with Crippen molar-refractivity contribution in [1.29, 1.82) is 0 Å². The van der Waals surface area contributed by atoms with Crippen molar-refractivity contribution < 1.29 is 23.9 Å². The van der Waals surface area contributed by atoms with E-state index in [1.54, 1.807) is 6.07 Å². The topological polar surface area (TPSA) is 84.9 Å². The molecule has 7 heteroatoms. The molecule has 1 aliphatic rings. The van der Waals surface area contributed by atoms with E-state index >= 15 is 0 Å². The van der Waals surface area contributed by atoms with Gasteiger partial charge in [-0.1, -0.05) is 23.8 Å². The average Bonchev–Trinajstić information content (AvgIpc) is 3.10. The Hall–Kier alpha value is -3.35. The first-order valence-corrected chi connectivity index (χ1v) is 9.77. The summed E-state index contributed by atoms with van der Waals surface area (Å²) in [6.45, 7) is 5.58. The first-order chi connectivity index (χ1) is 14.3. The maximum Gasteiger partial charge on any atom is 0.311 e. The van der Waals surface area contributed by atoms with Gasteiger partial charge in [0.2, 0.25) is 5.91 Å². The van der Waals surface area contributed by atoms with Crippen LogP contribution in [0.2, 0.25) is 0 Å². The van der Waals surface area contributed by atoms with Gasteiger partial charge in [0.1, 0.15) is 5.75 Å². The number of aryl methyl sites for hydroxylation is 3. The fourth-order valence-electron chi connectivity index (χ4n) is 3.50. The highest BCUT2D eigenvalue weighted by atomic mass is 16.5. The predicted octanol–water partition coefficient (Wildman–Crippen LogP) is 3.16. The fourth-order valence-corrected chi connectivity index (χ4v) is 3.50. The van der Waals surface area contributed by atoms with Gasteiger partial charge >= 0.3 is 5.97 Å². The summed E-state index contributed by atoms with van der Waals surface area (Å²) in [5.41, 5.74) is 4.31. The number of hydrogen-bond acceptors (Lipinski definition) is 5. The van der Waals surface area contributed by atoms with Gasteiger partial charge in [0.25, 0.3) is 5.91 Å². The fraction of sp³-hybridized carbons (Fsp3) is 0.348. The Morgan fingerprint density at radius 1 is 1.10 bits per heavy atom. The minimum Gasteiger partial charge on any atom is -0.495 e. The highest BCUT2D eigenvalue weighted by molar-refractivity contribution is 6.01. The van der Waals surface area contributed by atoms with E-state index in [-0.39, 0.29) is 18.9 Å². The molecule has 1 saturated heterocycles. The van der Waals surface area contributed by atoms with Crippen molar-refractivity contribution in [3.63, 3.8) is 0 Å². The van der Waals surface area contributed by atoms with Crippen molar-refractivity contribution in [1.82, 2.24) is 0 Å². The molecule has 0 aliphatic carbocycles. The lowest BCUT2D eigenvalue weighted by molar-refractivity contribution is -0.151. The molecular formula is C23H26N2O5. The van der Waals surface area contributed by atoms with E-state index in [1.165, 1.54) is 12.0 Å². The number of amides is 2. The van der Waals surface area contributed by atoms with Crippen molar-refractivity contribution in [3.05, 3.63) is 53.1 Å². The largest absolute Gasteiger partial charge is 0.495 e. The van der Waals surface area contributed by atoms with Gasteiger partial charge in [-0.25, -0.2) is 0 Å². The third kappa shape index (κ3) is 4.79. The van der Waals surface area contributed by atoms with E-state index < -0.39 is 24.4 Å². The summed E-state index contributed by atoms with van der Waals surface area (Å²) in [4.78, 5) is 38.6. The molecule has 0 unspecified atom stereocenters. The van der Waals surface area contributed by atoms with Gasteiger partial charge in [-0.2, -0.15) is 0 Å². The average molecular weight is 410 g/mol. The summed E-state index contributed by atoms with van der Waals surface area (Å²) in [6, 6.07) is 11.2.